The minimum absolute atomic E-state index is 0.225. The average molecular weight is 368 g/mol. The quantitative estimate of drug-likeness (QED) is 0.901. The summed E-state index contributed by atoms with van der Waals surface area (Å²) in [5, 5.41) is 17.6. The van der Waals surface area contributed by atoms with Gasteiger partial charge in [0, 0.05) is 13.1 Å². The van der Waals surface area contributed by atoms with Crippen LogP contribution in [0.2, 0.25) is 0 Å². The van der Waals surface area contributed by atoms with Crippen LogP contribution in [0.3, 0.4) is 0 Å². The van der Waals surface area contributed by atoms with Gasteiger partial charge in [-0.15, -0.1) is 21.5 Å². The van der Waals surface area contributed by atoms with Gasteiger partial charge >= 0.3 is 5.97 Å². The summed E-state index contributed by atoms with van der Waals surface area (Å²) < 4.78 is 1.07. The van der Waals surface area contributed by atoms with Gasteiger partial charge in [0.1, 0.15) is 5.69 Å². The standard InChI is InChI=1S/C14H14BrN3O2S/c15-12-3-2-11(21-12)10-1-4-13(17-16-10)18-7-5-9(6-8-18)14(19)20/h1-4,9H,5-8H2,(H,19,20). The van der Waals surface area contributed by atoms with Gasteiger partial charge < -0.3 is 10.0 Å². The maximum atomic E-state index is 11.0. The van der Waals surface area contributed by atoms with Crippen molar-refractivity contribution in [3.63, 3.8) is 0 Å². The number of carboxylic acid groups (broad SMARTS) is 1. The second kappa shape index (κ2) is 6.11. The predicted octanol–water partition coefficient (Wildman–Crippen LogP) is 3.27. The number of nitrogens with zero attached hydrogens (tertiary/aromatic N) is 3. The third-order valence-corrected chi connectivity index (χ3v) is 5.29. The Morgan fingerprint density at radius 3 is 2.52 bits per heavy atom. The molecule has 1 aliphatic rings. The molecule has 0 spiro atoms. The number of anilines is 1. The largest absolute Gasteiger partial charge is 0.481 e. The molecule has 0 aliphatic carbocycles. The summed E-state index contributed by atoms with van der Waals surface area (Å²) in [4.78, 5) is 14.1. The van der Waals surface area contributed by atoms with Crippen LogP contribution in [0.5, 0.6) is 0 Å². The number of halogens is 1. The highest BCUT2D eigenvalue weighted by Crippen LogP contribution is 2.30. The fraction of sp³-hybridized carbons (Fsp3) is 0.357. The second-order valence-electron chi connectivity index (χ2n) is 4.98. The van der Waals surface area contributed by atoms with E-state index in [0.29, 0.717) is 12.8 Å². The highest BCUT2D eigenvalue weighted by atomic mass is 79.9. The molecule has 1 aliphatic heterocycles. The number of rotatable bonds is 3. The van der Waals surface area contributed by atoms with Gasteiger partial charge in [0.15, 0.2) is 5.82 Å². The molecule has 7 heteroatoms. The van der Waals surface area contributed by atoms with Crippen LogP contribution in [-0.2, 0) is 4.79 Å². The molecule has 0 atom stereocenters. The topological polar surface area (TPSA) is 66.3 Å². The zero-order chi connectivity index (χ0) is 14.8. The number of piperidine rings is 1. The first-order valence-electron chi connectivity index (χ1n) is 6.70. The van der Waals surface area contributed by atoms with Crippen molar-refractivity contribution in [2.45, 2.75) is 12.8 Å². The highest BCUT2D eigenvalue weighted by molar-refractivity contribution is 9.11. The van der Waals surface area contributed by atoms with Crippen LogP contribution in [0.25, 0.3) is 10.6 Å². The zero-order valence-corrected chi connectivity index (χ0v) is 13.6. The van der Waals surface area contributed by atoms with Crippen LogP contribution >= 0.6 is 27.3 Å². The van der Waals surface area contributed by atoms with Crippen molar-refractivity contribution in [3.05, 3.63) is 28.1 Å². The Morgan fingerprint density at radius 1 is 1.24 bits per heavy atom. The predicted molar refractivity (Wildman–Crippen MR) is 85.6 cm³/mol. The normalized spacial score (nSPS) is 16.1. The number of hydrogen-bond acceptors (Lipinski definition) is 5. The van der Waals surface area contributed by atoms with Gasteiger partial charge in [-0.25, -0.2) is 0 Å². The fourth-order valence-electron chi connectivity index (χ4n) is 2.43. The van der Waals surface area contributed by atoms with Crippen molar-refractivity contribution >= 4 is 39.1 Å². The molecule has 0 unspecified atom stereocenters. The number of aromatic nitrogens is 2. The first-order chi connectivity index (χ1) is 10.1. The maximum Gasteiger partial charge on any atom is 0.306 e. The van der Waals surface area contributed by atoms with Gasteiger partial charge in [-0.05, 0) is 53.0 Å². The van der Waals surface area contributed by atoms with Crippen molar-refractivity contribution in [1.29, 1.82) is 0 Å². The Kier molecular flexibility index (Phi) is 4.21. The number of carbonyl (C=O) groups is 1. The van der Waals surface area contributed by atoms with Gasteiger partial charge in [0.05, 0.1) is 14.6 Å². The molecule has 3 rings (SSSR count). The molecule has 21 heavy (non-hydrogen) atoms. The minimum Gasteiger partial charge on any atom is -0.481 e. The lowest BCUT2D eigenvalue weighted by atomic mass is 9.97. The summed E-state index contributed by atoms with van der Waals surface area (Å²) in [7, 11) is 0. The SMILES string of the molecule is O=C(O)C1CCN(c2ccc(-c3ccc(Br)s3)nn2)CC1. The summed E-state index contributed by atoms with van der Waals surface area (Å²) in [5.41, 5.74) is 0.856. The Labute approximate surface area is 134 Å². The van der Waals surface area contributed by atoms with Gasteiger partial charge in [-0.2, -0.15) is 0 Å². The smallest absolute Gasteiger partial charge is 0.306 e. The van der Waals surface area contributed by atoms with Crippen molar-refractivity contribution in [2.24, 2.45) is 5.92 Å². The number of aliphatic carboxylic acids is 1. The van der Waals surface area contributed by atoms with Crippen LogP contribution in [-0.4, -0.2) is 34.4 Å². The molecule has 2 aromatic rings. The van der Waals surface area contributed by atoms with Crippen molar-refractivity contribution < 1.29 is 9.90 Å². The average Bonchev–Trinajstić information content (AvgIpc) is 2.94. The Balaban J connectivity index is 1.69. The molecule has 0 radical (unpaired) electrons. The monoisotopic (exact) mass is 367 g/mol. The summed E-state index contributed by atoms with van der Waals surface area (Å²) in [6.07, 6.45) is 1.33. The van der Waals surface area contributed by atoms with E-state index < -0.39 is 5.97 Å². The van der Waals surface area contributed by atoms with Crippen LogP contribution in [0.1, 0.15) is 12.8 Å². The van der Waals surface area contributed by atoms with E-state index in [1.807, 2.05) is 24.3 Å². The molecule has 2 aromatic heterocycles. The van der Waals surface area contributed by atoms with Crippen LogP contribution in [0.15, 0.2) is 28.1 Å². The molecule has 1 N–H and O–H groups in total. The fourth-order valence-corrected chi connectivity index (χ4v) is 3.78. The van der Waals surface area contributed by atoms with E-state index in [1.165, 1.54) is 0 Å². The molecule has 0 saturated carbocycles. The highest BCUT2D eigenvalue weighted by Gasteiger charge is 2.25. The maximum absolute atomic E-state index is 11.0. The van der Waals surface area contributed by atoms with E-state index in [0.717, 1.165) is 33.3 Å². The van der Waals surface area contributed by atoms with Gasteiger partial charge in [-0.1, -0.05) is 0 Å². The van der Waals surface area contributed by atoms with Crippen molar-refractivity contribution in [2.75, 3.05) is 18.0 Å². The third-order valence-electron chi connectivity index (χ3n) is 3.64. The first kappa shape index (κ1) is 14.5. The summed E-state index contributed by atoms with van der Waals surface area (Å²) >= 11 is 5.06. The molecular weight excluding hydrogens is 354 g/mol. The molecule has 3 heterocycles. The van der Waals surface area contributed by atoms with E-state index >= 15 is 0 Å². The lowest BCUT2D eigenvalue weighted by Crippen LogP contribution is -2.36. The van der Waals surface area contributed by atoms with E-state index in [2.05, 4.69) is 31.0 Å². The number of thiophene rings is 1. The summed E-state index contributed by atoms with van der Waals surface area (Å²) in [6.45, 7) is 1.44. The first-order valence-corrected chi connectivity index (χ1v) is 8.31. The molecule has 110 valence electrons. The Bertz CT molecular complexity index is 636. The number of hydrogen-bond donors (Lipinski definition) is 1. The molecule has 0 amide bonds. The number of carboxylic acids is 1. The Morgan fingerprint density at radius 2 is 2.00 bits per heavy atom. The zero-order valence-electron chi connectivity index (χ0n) is 11.2. The van der Waals surface area contributed by atoms with Gasteiger partial charge in [-0.3, -0.25) is 4.79 Å². The molecule has 5 nitrogen and oxygen atoms in total. The summed E-state index contributed by atoms with van der Waals surface area (Å²) in [5.74, 6) is -0.102. The van der Waals surface area contributed by atoms with Crippen molar-refractivity contribution in [1.82, 2.24) is 10.2 Å². The van der Waals surface area contributed by atoms with Crippen molar-refractivity contribution in [3.8, 4) is 10.6 Å². The molecule has 0 bridgehead atoms. The second-order valence-corrected chi connectivity index (χ2v) is 7.44. The Hall–Kier alpha value is -1.47. The van der Waals surface area contributed by atoms with E-state index in [-0.39, 0.29) is 5.92 Å². The lowest BCUT2D eigenvalue weighted by molar-refractivity contribution is -0.142. The third kappa shape index (κ3) is 3.24. The van der Waals surface area contributed by atoms with Crippen LogP contribution in [0, 0.1) is 5.92 Å². The van der Waals surface area contributed by atoms with E-state index in [4.69, 9.17) is 5.11 Å². The van der Waals surface area contributed by atoms with E-state index in [9.17, 15) is 4.79 Å². The van der Waals surface area contributed by atoms with E-state index in [1.54, 1.807) is 11.3 Å². The lowest BCUT2D eigenvalue weighted by Gasteiger charge is -2.30. The minimum atomic E-state index is -0.695. The van der Waals surface area contributed by atoms with Gasteiger partial charge in [0.25, 0.3) is 0 Å². The molecule has 0 aromatic carbocycles. The summed E-state index contributed by atoms with van der Waals surface area (Å²) in [6, 6.07) is 7.92. The molecule has 1 fully saturated rings. The van der Waals surface area contributed by atoms with Crippen LogP contribution in [0.4, 0.5) is 5.82 Å². The van der Waals surface area contributed by atoms with Gasteiger partial charge in [0.2, 0.25) is 0 Å². The van der Waals surface area contributed by atoms with Crippen LogP contribution < -0.4 is 4.90 Å². The molecular formula is C14H14BrN3O2S. The molecule has 1 saturated heterocycles.